The van der Waals surface area contributed by atoms with Gasteiger partial charge in [0.1, 0.15) is 17.5 Å². The van der Waals surface area contributed by atoms with Crippen molar-refractivity contribution in [3.8, 4) is 5.75 Å². The van der Waals surface area contributed by atoms with E-state index >= 15 is 0 Å². The molecule has 0 bridgehead atoms. The molecule has 0 aliphatic carbocycles. The van der Waals surface area contributed by atoms with Crippen molar-refractivity contribution in [1.29, 1.82) is 0 Å². The minimum Gasteiger partial charge on any atom is -0.486 e. The second kappa shape index (κ2) is 5.83. The molecule has 1 aliphatic heterocycles. The van der Waals surface area contributed by atoms with E-state index in [1.54, 1.807) is 22.7 Å². The molecule has 7 nitrogen and oxygen atoms in total. The van der Waals surface area contributed by atoms with Crippen LogP contribution in [0, 0.1) is 13.8 Å². The molecule has 120 valence electrons. The van der Waals surface area contributed by atoms with Crippen molar-refractivity contribution in [2.24, 2.45) is 7.05 Å². The average molecular weight is 314 g/mol. The maximum atomic E-state index is 12.2. The molecule has 7 heteroatoms. The first-order valence-corrected chi connectivity index (χ1v) is 7.36. The third kappa shape index (κ3) is 3.08. The van der Waals surface area contributed by atoms with Crippen molar-refractivity contribution < 1.29 is 9.53 Å². The molecule has 1 fully saturated rings. The average Bonchev–Trinajstić information content (AvgIpc) is 2.48. The largest absolute Gasteiger partial charge is 0.486 e. The van der Waals surface area contributed by atoms with Gasteiger partial charge >= 0.3 is 0 Å². The summed E-state index contributed by atoms with van der Waals surface area (Å²) in [6.07, 6.45) is 2.95. The smallest absolute Gasteiger partial charge is 0.274 e. The van der Waals surface area contributed by atoms with E-state index in [0.717, 1.165) is 11.4 Å². The van der Waals surface area contributed by atoms with E-state index in [1.807, 2.05) is 19.9 Å². The Hall–Kier alpha value is -2.70. The fourth-order valence-electron chi connectivity index (χ4n) is 2.34. The summed E-state index contributed by atoms with van der Waals surface area (Å²) in [4.78, 5) is 33.8. The first-order chi connectivity index (χ1) is 10.9. The van der Waals surface area contributed by atoms with Crippen LogP contribution in [0.4, 0.5) is 0 Å². The quantitative estimate of drug-likeness (QED) is 0.833. The molecule has 0 aromatic carbocycles. The van der Waals surface area contributed by atoms with Gasteiger partial charge in [-0.2, -0.15) is 0 Å². The lowest BCUT2D eigenvalue weighted by Crippen LogP contribution is -2.56. The predicted octanol–water partition coefficient (Wildman–Crippen LogP) is 0.696. The topological polar surface area (TPSA) is 77.3 Å². The highest BCUT2D eigenvalue weighted by Gasteiger charge is 2.33. The van der Waals surface area contributed by atoms with Gasteiger partial charge in [0.25, 0.3) is 11.5 Å². The second-order valence-electron chi connectivity index (χ2n) is 5.72. The molecule has 2 aromatic rings. The number of pyridine rings is 1. The van der Waals surface area contributed by atoms with Crippen LogP contribution in [0.1, 0.15) is 21.9 Å². The number of rotatable bonds is 3. The van der Waals surface area contributed by atoms with E-state index in [4.69, 9.17) is 4.74 Å². The molecule has 1 aliphatic rings. The SMILES string of the molecule is Cc1cnc(C(=O)N2CC(Oc3cc(C)n(C)c(=O)c3)C2)cn1. The number of ether oxygens (including phenoxy) is 1. The van der Waals surface area contributed by atoms with Crippen LogP contribution in [0.5, 0.6) is 5.75 Å². The molecule has 2 aromatic heterocycles. The lowest BCUT2D eigenvalue weighted by Gasteiger charge is -2.38. The Kier molecular flexibility index (Phi) is 3.85. The molecule has 3 heterocycles. The van der Waals surface area contributed by atoms with Gasteiger partial charge in [-0.15, -0.1) is 0 Å². The van der Waals surface area contributed by atoms with E-state index in [1.165, 1.54) is 12.3 Å². The van der Waals surface area contributed by atoms with Gasteiger partial charge in [-0.1, -0.05) is 0 Å². The van der Waals surface area contributed by atoms with Crippen LogP contribution in [0.2, 0.25) is 0 Å². The molecule has 3 rings (SSSR count). The van der Waals surface area contributed by atoms with Gasteiger partial charge in [-0.05, 0) is 19.9 Å². The van der Waals surface area contributed by atoms with Crippen molar-refractivity contribution in [1.82, 2.24) is 19.4 Å². The van der Waals surface area contributed by atoms with E-state index in [-0.39, 0.29) is 17.6 Å². The molecule has 0 N–H and O–H groups in total. The highest BCUT2D eigenvalue weighted by molar-refractivity contribution is 5.92. The molecular formula is C16H18N4O3. The zero-order valence-electron chi connectivity index (χ0n) is 13.3. The van der Waals surface area contributed by atoms with Crippen LogP contribution in [0.15, 0.2) is 29.3 Å². The summed E-state index contributed by atoms with van der Waals surface area (Å²) in [6.45, 7) is 4.62. The summed E-state index contributed by atoms with van der Waals surface area (Å²) in [7, 11) is 1.72. The van der Waals surface area contributed by atoms with Gasteiger partial charge in [0.2, 0.25) is 0 Å². The van der Waals surface area contributed by atoms with Gasteiger partial charge in [0, 0.05) is 25.0 Å². The minimum atomic E-state index is -0.155. The third-order valence-electron chi connectivity index (χ3n) is 3.91. The normalized spacial score (nSPS) is 14.5. The summed E-state index contributed by atoms with van der Waals surface area (Å²) in [5, 5.41) is 0. The van der Waals surface area contributed by atoms with Crippen molar-refractivity contribution in [2.75, 3.05) is 13.1 Å². The van der Waals surface area contributed by atoms with E-state index in [0.29, 0.717) is 24.5 Å². The Morgan fingerprint density at radius 2 is 1.96 bits per heavy atom. The Balaban J connectivity index is 1.60. The van der Waals surface area contributed by atoms with Gasteiger partial charge in [0.15, 0.2) is 0 Å². The molecule has 0 spiro atoms. The second-order valence-corrected chi connectivity index (χ2v) is 5.72. The predicted molar refractivity (Wildman–Crippen MR) is 83.5 cm³/mol. The lowest BCUT2D eigenvalue weighted by atomic mass is 10.1. The maximum Gasteiger partial charge on any atom is 0.274 e. The monoisotopic (exact) mass is 314 g/mol. The first-order valence-electron chi connectivity index (χ1n) is 7.36. The molecule has 0 saturated carbocycles. The van der Waals surface area contributed by atoms with Crippen molar-refractivity contribution in [3.05, 3.63) is 52.0 Å². The highest BCUT2D eigenvalue weighted by Crippen LogP contribution is 2.19. The van der Waals surface area contributed by atoms with Gasteiger partial charge < -0.3 is 14.2 Å². The fraction of sp³-hybridized carbons (Fsp3) is 0.375. The number of hydrogen-bond acceptors (Lipinski definition) is 5. The zero-order valence-corrected chi connectivity index (χ0v) is 13.3. The van der Waals surface area contributed by atoms with Crippen LogP contribution in [-0.4, -0.2) is 44.5 Å². The fourth-order valence-corrected chi connectivity index (χ4v) is 2.34. The lowest BCUT2D eigenvalue weighted by molar-refractivity contribution is 0.0172. The number of carbonyl (C=O) groups is 1. The molecule has 1 amide bonds. The Labute approximate surface area is 133 Å². The van der Waals surface area contributed by atoms with Crippen LogP contribution in [0.3, 0.4) is 0 Å². The number of hydrogen-bond donors (Lipinski definition) is 0. The summed E-state index contributed by atoms with van der Waals surface area (Å²) < 4.78 is 7.31. The van der Waals surface area contributed by atoms with Crippen molar-refractivity contribution in [2.45, 2.75) is 20.0 Å². The summed E-state index contributed by atoms with van der Waals surface area (Å²) >= 11 is 0. The number of likely N-dealkylation sites (tertiary alicyclic amines) is 1. The number of nitrogens with zero attached hydrogens (tertiary/aromatic N) is 4. The van der Waals surface area contributed by atoms with Gasteiger partial charge in [-0.3, -0.25) is 14.6 Å². The van der Waals surface area contributed by atoms with E-state index < -0.39 is 0 Å². The van der Waals surface area contributed by atoms with Gasteiger partial charge in [-0.25, -0.2) is 4.98 Å². The van der Waals surface area contributed by atoms with Crippen LogP contribution >= 0.6 is 0 Å². The molecular weight excluding hydrogens is 296 g/mol. The third-order valence-corrected chi connectivity index (χ3v) is 3.91. The summed E-state index contributed by atoms with van der Waals surface area (Å²) in [5.74, 6) is 0.385. The highest BCUT2D eigenvalue weighted by atomic mass is 16.5. The molecule has 0 radical (unpaired) electrons. The summed E-state index contributed by atoms with van der Waals surface area (Å²) in [5.41, 5.74) is 1.82. The van der Waals surface area contributed by atoms with E-state index in [2.05, 4.69) is 9.97 Å². The zero-order chi connectivity index (χ0) is 16.6. The number of carbonyl (C=O) groups excluding carboxylic acids is 1. The molecule has 0 unspecified atom stereocenters. The first kappa shape index (κ1) is 15.2. The van der Waals surface area contributed by atoms with Crippen LogP contribution in [-0.2, 0) is 7.05 Å². The summed E-state index contributed by atoms with van der Waals surface area (Å²) in [6, 6.07) is 3.28. The Bertz CT molecular complexity index is 792. The Morgan fingerprint density at radius 3 is 2.57 bits per heavy atom. The number of aromatic nitrogens is 3. The number of aryl methyl sites for hydroxylation is 2. The van der Waals surface area contributed by atoms with Crippen LogP contribution in [0.25, 0.3) is 0 Å². The standard InChI is InChI=1S/C16H18N4O3/c1-10-6-18-14(7-17-10)16(22)20-8-13(9-20)23-12-4-11(2)19(3)15(21)5-12/h4-7,13H,8-9H2,1-3H3. The minimum absolute atomic E-state index is 0.108. The Morgan fingerprint density at radius 1 is 1.22 bits per heavy atom. The molecule has 23 heavy (non-hydrogen) atoms. The van der Waals surface area contributed by atoms with E-state index in [9.17, 15) is 9.59 Å². The van der Waals surface area contributed by atoms with Gasteiger partial charge in [0.05, 0.1) is 25.0 Å². The van der Waals surface area contributed by atoms with Crippen molar-refractivity contribution >= 4 is 5.91 Å². The van der Waals surface area contributed by atoms with Crippen LogP contribution < -0.4 is 10.3 Å². The molecule has 1 saturated heterocycles. The van der Waals surface area contributed by atoms with Crippen molar-refractivity contribution in [3.63, 3.8) is 0 Å². The number of amides is 1. The molecule has 0 atom stereocenters. The maximum absolute atomic E-state index is 12.2.